The van der Waals surface area contributed by atoms with E-state index in [0.717, 1.165) is 53.9 Å². The largest absolute Gasteiger partial charge is 0.336 e. The number of likely N-dealkylation sites (N-methyl/N-ethyl adjacent to an activating group) is 1. The molecule has 1 amide bonds. The van der Waals surface area contributed by atoms with Gasteiger partial charge in [0.1, 0.15) is 5.82 Å². The van der Waals surface area contributed by atoms with Crippen LogP contribution in [-0.4, -0.2) is 58.9 Å². The van der Waals surface area contributed by atoms with Crippen molar-refractivity contribution in [3.05, 3.63) is 59.6 Å². The van der Waals surface area contributed by atoms with Crippen LogP contribution in [0.3, 0.4) is 0 Å². The van der Waals surface area contributed by atoms with Crippen molar-refractivity contribution in [2.24, 2.45) is 0 Å². The molecule has 0 unspecified atom stereocenters. The summed E-state index contributed by atoms with van der Waals surface area (Å²) in [6.07, 6.45) is 1.74. The van der Waals surface area contributed by atoms with Crippen molar-refractivity contribution in [2.75, 3.05) is 38.5 Å². The minimum absolute atomic E-state index is 0.102. The number of piperazine rings is 1. The average Bonchev–Trinajstić information content (AvgIpc) is 3.17. The molecule has 27 heavy (non-hydrogen) atoms. The molecule has 0 aliphatic carbocycles. The lowest BCUT2D eigenvalue weighted by Crippen LogP contribution is -2.47. The van der Waals surface area contributed by atoms with Crippen molar-refractivity contribution >= 4 is 28.2 Å². The molecule has 0 spiro atoms. The number of nitrogens with one attached hydrogen (secondary N) is 1. The molecule has 1 aliphatic rings. The summed E-state index contributed by atoms with van der Waals surface area (Å²) >= 11 is 1.53. The third kappa shape index (κ3) is 4.15. The number of carbonyl (C=O) groups is 1. The number of rotatable bonds is 4. The average molecular weight is 379 g/mol. The molecular weight excluding hydrogens is 358 g/mol. The van der Waals surface area contributed by atoms with Gasteiger partial charge >= 0.3 is 0 Å². The summed E-state index contributed by atoms with van der Waals surface area (Å²) in [5.74, 6) is 0.872. The number of amides is 1. The van der Waals surface area contributed by atoms with Crippen molar-refractivity contribution < 1.29 is 4.79 Å². The zero-order chi connectivity index (χ0) is 18.6. The van der Waals surface area contributed by atoms with E-state index in [1.807, 2.05) is 52.7 Å². The van der Waals surface area contributed by atoms with Crippen molar-refractivity contribution in [1.82, 2.24) is 19.8 Å². The fourth-order valence-corrected chi connectivity index (χ4v) is 3.71. The van der Waals surface area contributed by atoms with Crippen LogP contribution < -0.4 is 5.32 Å². The van der Waals surface area contributed by atoms with Crippen LogP contribution in [0.25, 0.3) is 11.3 Å². The maximum Gasteiger partial charge on any atom is 0.253 e. The summed E-state index contributed by atoms with van der Waals surface area (Å²) in [6, 6.07) is 13.4. The number of anilines is 2. The van der Waals surface area contributed by atoms with Crippen LogP contribution in [0.2, 0.25) is 0 Å². The number of benzene rings is 1. The molecule has 3 heterocycles. The van der Waals surface area contributed by atoms with Gasteiger partial charge in [-0.2, -0.15) is 0 Å². The van der Waals surface area contributed by atoms with Crippen LogP contribution >= 0.6 is 11.3 Å². The fraction of sp³-hybridized carbons (Fsp3) is 0.250. The highest BCUT2D eigenvalue weighted by Crippen LogP contribution is 2.27. The molecule has 1 fully saturated rings. The van der Waals surface area contributed by atoms with Gasteiger partial charge in [0.05, 0.1) is 5.69 Å². The van der Waals surface area contributed by atoms with Crippen LogP contribution in [0.1, 0.15) is 10.4 Å². The Bertz CT molecular complexity index is 902. The molecule has 0 bridgehead atoms. The molecule has 3 aromatic rings. The molecule has 1 aliphatic heterocycles. The topological polar surface area (TPSA) is 61.4 Å². The number of hydrogen-bond acceptors (Lipinski definition) is 6. The Kier molecular flexibility index (Phi) is 5.13. The molecule has 6 nitrogen and oxygen atoms in total. The molecule has 0 atom stereocenters. The first-order valence-corrected chi connectivity index (χ1v) is 9.79. The second-order valence-corrected chi connectivity index (χ2v) is 7.41. The van der Waals surface area contributed by atoms with Crippen LogP contribution in [0.4, 0.5) is 10.9 Å². The lowest BCUT2D eigenvalue weighted by atomic mass is 10.1. The first-order chi connectivity index (χ1) is 13.2. The molecular formula is C20H21N5OS. The van der Waals surface area contributed by atoms with Crippen LogP contribution in [-0.2, 0) is 0 Å². The summed E-state index contributed by atoms with van der Waals surface area (Å²) < 4.78 is 0. The van der Waals surface area contributed by atoms with Gasteiger partial charge in [-0.1, -0.05) is 18.2 Å². The van der Waals surface area contributed by atoms with Gasteiger partial charge in [-0.15, -0.1) is 11.3 Å². The number of pyridine rings is 1. The van der Waals surface area contributed by atoms with Gasteiger partial charge in [-0.3, -0.25) is 4.79 Å². The first kappa shape index (κ1) is 17.6. The molecule has 1 N–H and O–H groups in total. The van der Waals surface area contributed by atoms with E-state index in [0.29, 0.717) is 0 Å². The predicted octanol–water partition coefficient (Wildman–Crippen LogP) is 3.34. The SMILES string of the molecule is CN1CCN(C(=O)c2ccc(-c3csc(Nc4ccccn4)n3)cc2)CC1. The van der Waals surface area contributed by atoms with E-state index in [-0.39, 0.29) is 5.91 Å². The summed E-state index contributed by atoms with van der Waals surface area (Å²) in [6.45, 7) is 3.42. The normalized spacial score (nSPS) is 14.9. The lowest BCUT2D eigenvalue weighted by Gasteiger charge is -2.32. The zero-order valence-electron chi connectivity index (χ0n) is 15.1. The highest BCUT2D eigenvalue weighted by Gasteiger charge is 2.20. The molecule has 1 aromatic carbocycles. The second kappa shape index (κ2) is 7.85. The Morgan fingerprint density at radius 2 is 1.85 bits per heavy atom. The second-order valence-electron chi connectivity index (χ2n) is 6.55. The molecule has 138 valence electrons. The number of nitrogens with zero attached hydrogens (tertiary/aromatic N) is 4. The highest BCUT2D eigenvalue weighted by molar-refractivity contribution is 7.14. The van der Waals surface area contributed by atoms with Crippen LogP contribution in [0.5, 0.6) is 0 Å². The Morgan fingerprint density at radius 3 is 2.56 bits per heavy atom. The summed E-state index contributed by atoms with van der Waals surface area (Å²) in [5.41, 5.74) is 2.61. The fourth-order valence-electron chi connectivity index (χ4n) is 2.99. The Labute approximate surface area is 162 Å². The smallest absolute Gasteiger partial charge is 0.253 e. The third-order valence-corrected chi connectivity index (χ3v) is 5.38. The van der Waals surface area contributed by atoms with Crippen molar-refractivity contribution in [3.8, 4) is 11.3 Å². The number of hydrogen-bond donors (Lipinski definition) is 1. The van der Waals surface area contributed by atoms with E-state index in [1.54, 1.807) is 6.20 Å². The third-order valence-electron chi connectivity index (χ3n) is 4.62. The van der Waals surface area contributed by atoms with E-state index < -0.39 is 0 Å². The van der Waals surface area contributed by atoms with Crippen LogP contribution in [0, 0.1) is 0 Å². The van der Waals surface area contributed by atoms with Gasteiger partial charge in [0.2, 0.25) is 0 Å². The van der Waals surface area contributed by atoms with Crippen LogP contribution in [0.15, 0.2) is 54.0 Å². The highest BCUT2D eigenvalue weighted by atomic mass is 32.1. The van der Waals surface area contributed by atoms with Gasteiger partial charge in [0, 0.05) is 48.9 Å². The number of carbonyl (C=O) groups excluding carboxylic acids is 1. The van der Waals surface area contributed by atoms with Gasteiger partial charge < -0.3 is 15.1 Å². The van der Waals surface area contributed by atoms with E-state index in [2.05, 4.69) is 27.2 Å². The van der Waals surface area contributed by atoms with Gasteiger partial charge in [-0.05, 0) is 31.3 Å². The Balaban J connectivity index is 1.44. The Hall–Kier alpha value is -2.77. The van der Waals surface area contributed by atoms with Crippen molar-refractivity contribution in [3.63, 3.8) is 0 Å². The van der Waals surface area contributed by atoms with Crippen molar-refractivity contribution in [2.45, 2.75) is 0 Å². The van der Waals surface area contributed by atoms with Crippen molar-refractivity contribution in [1.29, 1.82) is 0 Å². The van der Waals surface area contributed by atoms with E-state index in [9.17, 15) is 4.79 Å². The molecule has 0 saturated carbocycles. The monoisotopic (exact) mass is 379 g/mol. The quantitative estimate of drug-likeness (QED) is 0.753. The zero-order valence-corrected chi connectivity index (χ0v) is 15.9. The molecule has 7 heteroatoms. The molecule has 4 rings (SSSR count). The Morgan fingerprint density at radius 1 is 1.07 bits per heavy atom. The summed E-state index contributed by atoms with van der Waals surface area (Å²) in [5, 5.41) is 6.00. The lowest BCUT2D eigenvalue weighted by molar-refractivity contribution is 0.0664. The predicted molar refractivity (Wildman–Crippen MR) is 108 cm³/mol. The van der Waals surface area contributed by atoms with E-state index in [4.69, 9.17) is 0 Å². The summed E-state index contributed by atoms with van der Waals surface area (Å²) in [7, 11) is 2.08. The maximum absolute atomic E-state index is 12.6. The number of aromatic nitrogens is 2. The van der Waals surface area contributed by atoms with E-state index in [1.165, 1.54) is 11.3 Å². The van der Waals surface area contributed by atoms with E-state index >= 15 is 0 Å². The number of thiazole rings is 1. The molecule has 0 radical (unpaired) electrons. The minimum Gasteiger partial charge on any atom is -0.336 e. The van der Waals surface area contributed by atoms with Gasteiger partial charge in [-0.25, -0.2) is 9.97 Å². The van der Waals surface area contributed by atoms with Gasteiger partial charge in [0.25, 0.3) is 5.91 Å². The van der Waals surface area contributed by atoms with Gasteiger partial charge in [0.15, 0.2) is 5.13 Å². The maximum atomic E-state index is 12.6. The molecule has 2 aromatic heterocycles. The minimum atomic E-state index is 0.102. The molecule has 1 saturated heterocycles. The standard InChI is InChI=1S/C20H21N5OS/c1-24-10-12-25(13-11-24)19(26)16-7-5-15(6-8-16)17-14-27-20(22-17)23-18-4-2-3-9-21-18/h2-9,14H,10-13H2,1H3,(H,21,22,23). The summed E-state index contributed by atoms with van der Waals surface area (Å²) in [4.78, 5) is 25.7. The first-order valence-electron chi connectivity index (χ1n) is 8.91.